The molecule has 0 aliphatic heterocycles. The molecule has 104 valence electrons. The van der Waals surface area contributed by atoms with Crippen LogP contribution < -0.4 is 0 Å². The average Bonchev–Trinajstić information content (AvgIpc) is 2.78. The van der Waals surface area contributed by atoms with Gasteiger partial charge in [0.05, 0.1) is 6.04 Å². The molecule has 6 heteroatoms. The molecule has 0 aromatic heterocycles. The third kappa shape index (κ3) is 5.93. The van der Waals surface area contributed by atoms with Crippen molar-refractivity contribution in [2.45, 2.75) is 38.4 Å². The van der Waals surface area contributed by atoms with Crippen LogP contribution in [-0.2, 0) is 20.8 Å². The molecule has 0 saturated heterocycles. The first-order chi connectivity index (χ1) is 9.08. The predicted molar refractivity (Wildman–Crippen MR) is 74.7 cm³/mol. The minimum absolute atomic E-state index is 0.0786. The van der Waals surface area contributed by atoms with Crippen molar-refractivity contribution in [3.63, 3.8) is 0 Å². The van der Waals surface area contributed by atoms with Gasteiger partial charge in [0.25, 0.3) is 0 Å². The number of hydrogen-bond donors (Lipinski definition) is 1. The quantitative estimate of drug-likeness (QED) is 0.755. The maximum absolute atomic E-state index is 12.9. The molecule has 1 saturated carbocycles. The van der Waals surface area contributed by atoms with Crippen LogP contribution in [0.5, 0.6) is 5.75 Å². The number of hydrogen-bond acceptors (Lipinski definition) is 2. The Morgan fingerprint density at radius 1 is 1.42 bits per heavy atom. The topological polar surface area (TPSA) is 32.6 Å². The number of para-hydroxylation sites is 1. The summed E-state index contributed by atoms with van der Waals surface area (Å²) in [5.41, 5.74) is 1.54. The number of benzene rings is 1. The Hall–Kier alpha value is 0.0831. The Bertz CT molecular complexity index is 431. The number of rotatable bonds is 2. The monoisotopic (exact) mass is 381 g/mol. The van der Waals surface area contributed by atoms with Crippen molar-refractivity contribution in [2.75, 3.05) is 0 Å². The molecule has 2 unspecified atom stereocenters. The number of aryl methyl sites for hydroxylation is 1. The van der Waals surface area contributed by atoms with Gasteiger partial charge in [0.15, 0.2) is 0 Å². The van der Waals surface area contributed by atoms with E-state index in [1.165, 1.54) is 0 Å². The second kappa shape index (κ2) is 9.10. The van der Waals surface area contributed by atoms with Crippen LogP contribution >= 0.6 is 17.0 Å². The van der Waals surface area contributed by atoms with Gasteiger partial charge in [0.1, 0.15) is 11.9 Å². The minimum atomic E-state index is -0.826. The Kier molecular flexibility index (Phi) is 8.21. The normalized spacial score (nSPS) is 22.1. The summed E-state index contributed by atoms with van der Waals surface area (Å²) in [5, 5.41) is 9.76. The number of aromatic hydroxyl groups is 1. The third-order valence-corrected chi connectivity index (χ3v) is 3.03. The van der Waals surface area contributed by atoms with E-state index in [9.17, 15) is 9.50 Å². The van der Waals surface area contributed by atoms with Crippen LogP contribution in [-0.4, -0.2) is 23.5 Å². The SMILES string of the molecule is Cc1cccc(C=NC2CCC(F)C2)c1O.[Cl][Zr][Cl]. The average molecular weight is 383 g/mol. The molecule has 0 amide bonds. The van der Waals surface area contributed by atoms with Gasteiger partial charge < -0.3 is 5.11 Å². The fourth-order valence-electron chi connectivity index (χ4n) is 2.01. The van der Waals surface area contributed by atoms with Gasteiger partial charge in [-0.1, -0.05) is 12.1 Å². The molecule has 1 fully saturated rings. The van der Waals surface area contributed by atoms with Crippen LogP contribution in [0.15, 0.2) is 23.2 Å². The zero-order valence-corrected chi connectivity index (χ0v) is 14.6. The van der Waals surface area contributed by atoms with Crippen LogP contribution in [0.3, 0.4) is 0 Å². The summed E-state index contributed by atoms with van der Waals surface area (Å²) < 4.78 is 12.9. The molecule has 2 rings (SSSR count). The number of phenolic OH excluding ortho intramolecular Hbond substituents is 1. The van der Waals surface area contributed by atoms with Gasteiger partial charge in [0, 0.05) is 18.2 Å². The molecule has 1 N–H and O–H groups in total. The second-order valence-corrected chi connectivity index (χ2v) is 8.16. The van der Waals surface area contributed by atoms with Crippen molar-refractivity contribution in [1.29, 1.82) is 0 Å². The van der Waals surface area contributed by atoms with E-state index in [-0.39, 0.29) is 11.8 Å². The van der Waals surface area contributed by atoms with Gasteiger partial charge in [-0.05, 0) is 31.4 Å². The van der Waals surface area contributed by atoms with E-state index in [4.69, 9.17) is 17.0 Å². The van der Waals surface area contributed by atoms with Gasteiger partial charge in [-0.15, -0.1) is 0 Å². The van der Waals surface area contributed by atoms with Crippen LogP contribution in [0.2, 0.25) is 0 Å². The zero-order valence-electron chi connectivity index (χ0n) is 10.6. The molecule has 0 radical (unpaired) electrons. The zero-order chi connectivity index (χ0) is 14.3. The number of alkyl halides is 1. The van der Waals surface area contributed by atoms with Gasteiger partial charge in [-0.25, -0.2) is 4.39 Å². The van der Waals surface area contributed by atoms with Crippen LogP contribution in [0, 0.1) is 6.92 Å². The standard InChI is InChI=1S/C13H16FNO.2ClH.Zr/c1-9-3-2-4-10(13(9)16)8-15-12-6-5-11(14)7-12;;;/h2-4,8,11-12,16H,5-7H2,1H3;2*1H;/q;;;+2/p-2. The molecule has 2 nitrogen and oxygen atoms in total. The molecule has 0 spiro atoms. The summed E-state index contributed by atoms with van der Waals surface area (Å²) in [5.74, 6) is 0.265. The number of aliphatic imine (C=N–C) groups is 1. The molecule has 1 aliphatic rings. The Balaban J connectivity index is 0.000000550. The van der Waals surface area contributed by atoms with Gasteiger partial charge >= 0.3 is 37.9 Å². The molecule has 0 heterocycles. The second-order valence-electron chi connectivity index (χ2n) is 4.43. The van der Waals surface area contributed by atoms with Crippen LogP contribution in [0.25, 0.3) is 0 Å². The summed E-state index contributed by atoms with van der Waals surface area (Å²) in [6.45, 7) is 1.85. The molecular weight excluding hydrogens is 367 g/mol. The van der Waals surface area contributed by atoms with Crippen molar-refractivity contribution in [3.05, 3.63) is 29.3 Å². The Labute approximate surface area is 131 Å². The first kappa shape index (κ1) is 17.1. The number of nitrogens with zero attached hydrogens (tertiary/aromatic N) is 1. The molecule has 1 aromatic carbocycles. The van der Waals surface area contributed by atoms with Gasteiger partial charge in [-0.3, -0.25) is 4.99 Å². The van der Waals surface area contributed by atoms with E-state index in [2.05, 4.69) is 4.99 Å². The summed E-state index contributed by atoms with van der Waals surface area (Å²) in [4.78, 5) is 4.32. The first-order valence-corrected chi connectivity index (χ1v) is 12.3. The van der Waals surface area contributed by atoms with E-state index in [1.54, 1.807) is 6.21 Å². The summed E-state index contributed by atoms with van der Waals surface area (Å²) in [6, 6.07) is 5.62. The predicted octanol–water partition coefficient (Wildman–Crippen LogP) is 4.39. The maximum atomic E-state index is 12.9. The first-order valence-electron chi connectivity index (χ1n) is 6.00. The molecule has 2 atom stereocenters. The van der Waals surface area contributed by atoms with E-state index in [0.29, 0.717) is 18.4 Å². The fraction of sp³-hybridized carbons (Fsp3) is 0.462. The molecule has 19 heavy (non-hydrogen) atoms. The van der Waals surface area contributed by atoms with E-state index in [0.717, 1.165) is 12.0 Å². The van der Waals surface area contributed by atoms with Gasteiger partial charge in [-0.2, -0.15) is 0 Å². The Morgan fingerprint density at radius 3 is 2.68 bits per heavy atom. The van der Waals surface area contributed by atoms with Crippen LogP contribution in [0.1, 0.15) is 30.4 Å². The third-order valence-electron chi connectivity index (χ3n) is 3.03. The fourth-order valence-corrected chi connectivity index (χ4v) is 2.01. The number of halogens is 3. The van der Waals surface area contributed by atoms with Gasteiger partial charge in [0.2, 0.25) is 0 Å². The van der Waals surface area contributed by atoms with Crippen molar-refractivity contribution < 1.29 is 30.3 Å². The van der Waals surface area contributed by atoms with Crippen LogP contribution in [0.4, 0.5) is 4.39 Å². The summed E-state index contributed by atoms with van der Waals surface area (Å²) in [7, 11) is 9.87. The van der Waals surface area contributed by atoms with Crippen molar-refractivity contribution in [2.24, 2.45) is 4.99 Å². The molecule has 1 aromatic rings. The van der Waals surface area contributed by atoms with Crippen molar-refractivity contribution >= 4 is 23.2 Å². The molecule has 1 aliphatic carbocycles. The Morgan fingerprint density at radius 2 is 2.11 bits per heavy atom. The summed E-state index contributed by atoms with van der Waals surface area (Å²) in [6.07, 6.45) is 2.90. The molecule has 0 bridgehead atoms. The molecular formula is C13H16Cl2FNOZr. The van der Waals surface area contributed by atoms with E-state index in [1.807, 2.05) is 25.1 Å². The van der Waals surface area contributed by atoms with Crippen molar-refractivity contribution in [3.8, 4) is 5.75 Å². The van der Waals surface area contributed by atoms with E-state index >= 15 is 0 Å². The summed E-state index contributed by atoms with van der Waals surface area (Å²) >= 11 is -0.826. The number of phenols is 1. The van der Waals surface area contributed by atoms with Crippen molar-refractivity contribution in [1.82, 2.24) is 0 Å². The van der Waals surface area contributed by atoms with E-state index < -0.39 is 27.0 Å².